The largest absolute Gasteiger partial charge is 0.355 e. The van der Waals surface area contributed by atoms with E-state index in [1.807, 2.05) is 18.2 Å². The SMILES string of the molecule is Cc1nc(-c2ccccn2)nc(N2CCCC(N3CCCC3)C2)c1C. The normalized spacial score (nSPS) is 21.7. The second-order valence-electron chi connectivity index (χ2n) is 7.28. The minimum atomic E-state index is 0.671. The molecule has 2 saturated heterocycles. The number of likely N-dealkylation sites (tertiary alicyclic amines) is 1. The highest BCUT2D eigenvalue weighted by Gasteiger charge is 2.29. The first kappa shape index (κ1) is 16.5. The molecule has 132 valence electrons. The molecular formula is C20H27N5. The van der Waals surface area contributed by atoms with Gasteiger partial charge >= 0.3 is 0 Å². The first-order valence-corrected chi connectivity index (χ1v) is 9.48. The van der Waals surface area contributed by atoms with Crippen LogP contribution in [0.5, 0.6) is 0 Å². The third-order valence-corrected chi connectivity index (χ3v) is 5.61. The maximum absolute atomic E-state index is 4.92. The second kappa shape index (κ2) is 7.08. The van der Waals surface area contributed by atoms with Crippen molar-refractivity contribution in [2.24, 2.45) is 0 Å². The van der Waals surface area contributed by atoms with Gasteiger partial charge in [0.2, 0.25) is 0 Å². The molecule has 2 aromatic rings. The van der Waals surface area contributed by atoms with Crippen LogP contribution in [0.25, 0.3) is 11.5 Å². The van der Waals surface area contributed by atoms with Gasteiger partial charge in [-0.2, -0.15) is 0 Å². The van der Waals surface area contributed by atoms with Crippen LogP contribution in [0, 0.1) is 13.8 Å². The predicted octanol–water partition coefficient (Wildman–Crippen LogP) is 3.22. The van der Waals surface area contributed by atoms with Crippen LogP contribution in [0.4, 0.5) is 5.82 Å². The van der Waals surface area contributed by atoms with E-state index in [-0.39, 0.29) is 0 Å². The maximum atomic E-state index is 4.92. The Bertz CT molecular complexity index is 724. The van der Waals surface area contributed by atoms with Crippen molar-refractivity contribution in [3.8, 4) is 11.5 Å². The van der Waals surface area contributed by atoms with E-state index in [4.69, 9.17) is 4.98 Å². The number of pyridine rings is 1. The van der Waals surface area contributed by atoms with Crippen LogP contribution < -0.4 is 4.90 Å². The highest BCUT2D eigenvalue weighted by molar-refractivity contribution is 5.57. The number of hydrogen-bond acceptors (Lipinski definition) is 5. The Balaban J connectivity index is 1.63. The highest BCUT2D eigenvalue weighted by Crippen LogP contribution is 2.28. The number of rotatable bonds is 3. The Hall–Kier alpha value is -2.01. The maximum Gasteiger partial charge on any atom is 0.180 e. The average molecular weight is 337 g/mol. The van der Waals surface area contributed by atoms with Crippen molar-refractivity contribution in [3.05, 3.63) is 35.7 Å². The van der Waals surface area contributed by atoms with Gasteiger partial charge in [-0.05, 0) is 64.8 Å². The Kier molecular flexibility index (Phi) is 4.66. The van der Waals surface area contributed by atoms with Crippen molar-refractivity contribution in [2.45, 2.75) is 45.6 Å². The molecule has 25 heavy (non-hydrogen) atoms. The lowest BCUT2D eigenvalue weighted by atomic mass is 10.0. The van der Waals surface area contributed by atoms with E-state index in [0.29, 0.717) is 6.04 Å². The molecule has 0 bridgehead atoms. The topological polar surface area (TPSA) is 45.2 Å². The molecule has 0 aliphatic carbocycles. The number of aryl methyl sites for hydroxylation is 1. The van der Waals surface area contributed by atoms with Gasteiger partial charge < -0.3 is 4.90 Å². The van der Waals surface area contributed by atoms with E-state index in [0.717, 1.165) is 36.1 Å². The molecule has 0 radical (unpaired) electrons. The quantitative estimate of drug-likeness (QED) is 0.860. The lowest BCUT2D eigenvalue weighted by Crippen LogP contribution is -2.47. The lowest BCUT2D eigenvalue weighted by Gasteiger charge is -2.38. The fourth-order valence-corrected chi connectivity index (χ4v) is 4.08. The Morgan fingerprint density at radius 3 is 2.60 bits per heavy atom. The summed E-state index contributed by atoms with van der Waals surface area (Å²) >= 11 is 0. The van der Waals surface area contributed by atoms with Crippen LogP contribution in [0.1, 0.15) is 36.9 Å². The molecule has 0 N–H and O–H groups in total. The summed E-state index contributed by atoms with van der Waals surface area (Å²) in [6.45, 7) is 8.92. The molecule has 0 aromatic carbocycles. The first-order valence-electron chi connectivity index (χ1n) is 9.48. The van der Waals surface area contributed by atoms with Crippen molar-refractivity contribution in [3.63, 3.8) is 0 Å². The van der Waals surface area contributed by atoms with Crippen LogP contribution in [-0.2, 0) is 0 Å². The van der Waals surface area contributed by atoms with Gasteiger partial charge in [0.15, 0.2) is 5.82 Å². The van der Waals surface area contributed by atoms with Gasteiger partial charge in [-0.1, -0.05) is 6.07 Å². The molecule has 0 saturated carbocycles. The van der Waals surface area contributed by atoms with Gasteiger partial charge in [0, 0.05) is 36.6 Å². The molecule has 0 amide bonds. The van der Waals surface area contributed by atoms with Crippen LogP contribution in [0.2, 0.25) is 0 Å². The van der Waals surface area contributed by atoms with E-state index in [2.05, 4.69) is 33.6 Å². The zero-order valence-corrected chi connectivity index (χ0v) is 15.3. The van der Waals surface area contributed by atoms with E-state index in [1.165, 1.54) is 44.3 Å². The molecule has 1 atom stereocenters. The molecule has 2 aliphatic heterocycles. The Morgan fingerprint density at radius 1 is 1.00 bits per heavy atom. The summed E-state index contributed by atoms with van der Waals surface area (Å²) in [5.74, 6) is 1.83. The van der Waals surface area contributed by atoms with Crippen LogP contribution in [-0.4, -0.2) is 52.1 Å². The predicted molar refractivity (Wildman–Crippen MR) is 101 cm³/mol. The zero-order valence-electron chi connectivity index (χ0n) is 15.3. The van der Waals surface area contributed by atoms with Crippen molar-refractivity contribution in [2.75, 3.05) is 31.1 Å². The fourth-order valence-electron chi connectivity index (χ4n) is 4.08. The standard InChI is InChI=1S/C20H27N5/c1-15-16(2)22-19(18-9-3-4-10-21-18)23-20(15)25-13-7-8-17(14-25)24-11-5-6-12-24/h3-4,9-10,17H,5-8,11-14H2,1-2H3. The average Bonchev–Trinajstić information content (AvgIpc) is 3.19. The third-order valence-electron chi connectivity index (χ3n) is 5.61. The van der Waals surface area contributed by atoms with Crippen LogP contribution in [0.3, 0.4) is 0 Å². The molecule has 4 rings (SSSR count). The van der Waals surface area contributed by atoms with Crippen molar-refractivity contribution in [1.29, 1.82) is 0 Å². The zero-order chi connectivity index (χ0) is 17.2. The molecule has 5 heteroatoms. The number of hydrogen-bond donors (Lipinski definition) is 0. The molecule has 4 heterocycles. The molecule has 0 spiro atoms. The monoisotopic (exact) mass is 337 g/mol. The second-order valence-corrected chi connectivity index (χ2v) is 7.28. The number of aromatic nitrogens is 3. The summed E-state index contributed by atoms with van der Waals surface area (Å²) in [6, 6.07) is 6.57. The summed E-state index contributed by atoms with van der Waals surface area (Å²) in [6.07, 6.45) is 7.06. The lowest BCUT2D eigenvalue weighted by molar-refractivity contribution is 0.215. The minimum absolute atomic E-state index is 0.671. The van der Waals surface area contributed by atoms with Gasteiger partial charge in [0.25, 0.3) is 0 Å². The van der Waals surface area contributed by atoms with E-state index < -0.39 is 0 Å². The van der Waals surface area contributed by atoms with Crippen LogP contribution >= 0.6 is 0 Å². The Labute approximate surface area is 150 Å². The summed E-state index contributed by atoms with van der Waals surface area (Å²) in [5.41, 5.74) is 3.09. The van der Waals surface area contributed by atoms with Crippen molar-refractivity contribution < 1.29 is 0 Å². The number of anilines is 1. The fraction of sp³-hybridized carbons (Fsp3) is 0.550. The minimum Gasteiger partial charge on any atom is -0.355 e. The van der Waals surface area contributed by atoms with E-state index >= 15 is 0 Å². The number of piperidine rings is 1. The van der Waals surface area contributed by atoms with Crippen molar-refractivity contribution in [1.82, 2.24) is 19.9 Å². The summed E-state index contributed by atoms with van der Waals surface area (Å²) < 4.78 is 0. The highest BCUT2D eigenvalue weighted by atomic mass is 15.3. The molecule has 2 aliphatic rings. The van der Waals surface area contributed by atoms with Crippen molar-refractivity contribution >= 4 is 5.82 Å². The number of nitrogens with zero attached hydrogens (tertiary/aromatic N) is 5. The summed E-state index contributed by atoms with van der Waals surface area (Å²) in [4.78, 5) is 19.2. The first-order chi connectivity index (χ1) is 12.2. The van der Waals surface area contributed by atoms with E-state index in [9.17, 15) is 0 Å². The Morgan fingerprint density at radius 2 is 1.84 bits per heavy atom. The molecular weight excluding hydrogens is 310 g/mol. The smallest absolute Gasteiger partial charge is 0.180 e. The van der Waals surface area contributed by atoms with E-state index in [1.54, 1.807) is 6.20 Å². The van der Waals surface area contributed by atoms with Gasteiger partial charge in [-0.3, -0.25) is 9.88 Å². The van der Waals surface area contributed by atoms with Gasteiger partial charge in [-0.25, -0.2) is 9.97 Å². The third kappa shape index (κ3) is 3.38. The van der Waals surface area contributed by atoms with Crippen LogP contribution in [0.15, 0.2) is 24.4 Å². The molecule has 5 nitrogen and oxygen atoms in total. The van der Waals surface area contributed by atoms with Gasteiger partial charge in [-0.15, -0.1) is 0 Å². The van der Waals surface area contributed by atoms with Gasteiger partial charge in [0.1, 0.15) is 11.5 Å². The summed E-state index contributed by atoms with van der Waals surface area (Å²) in [7, 11) is 0. The molecule has 2 aromatic heterocycles. The van der Waals surface area contributed by atoms with Gasteiger partial charge in [0.05, 0.1) is 0 Å². The molecule has 2 fully saturated rings. The molecule has 1 unspecified atom stereocenters. The summed E-state index contributed by atoms with van der Waals surface area (Å²) in [5, 5.41) is 0.